The summed E-state index contributed by atoms with van der Waals surface area (Å²) in [7, 11) is 0. The van der Waals surface area contributed by atoms with Gasteiger partial charge in [-0.05, 0) is 31.1 Å². The van der Waals surface area contributed by atoms with E-state index in [1.165, 1.54) is 57.8 Å². The Hall–Kier alpha value is -0.330. The molecule has 0 aliphatic heterocycles. The second kappa shape index (κ2) is 6.56. The van der Waals surface area contributed by atoms with E-state index in [0.717, 1.165) is 24.7 Å². The zero-order chi connectivity index (χ0) is 12.1. The Labute approximate surface area is 106 Å². The predicted octanol–water partition coefficient (Wildman–Crippen LogP) is 4.74. The van der Waals surface area contributed by atoms with Gasteiger partial charge in [0.25, 0.3) is 0 Å². The SMILES string of the molecule is C[C@@H](CCC(=O)C1CCCC1)C1CCCCC1. The first-order valence-electron chi connectivity index (χ1n) is 7.80. The Balaban J connectivity index is 1.67. The molecule has 98 valence electrons. The summed E-state index contributed by atoms with van der Waals surface area (Å²) in [5.41, 5.74) is 0. The van der Waals surface area contributed by atoms with Crippen molar-refractivity contribution in [2.45, 2.75) is 77.6 Å². The Bertz CT molecular complexity index is 234. The molecule has 1 atom stereocenters. The molecule has 2 aliphatic rings. The molecule has 0 spiro atoms. The molecule has 0 saturated heterocycles. The number of carbonyl (C=O) groups excluding carboxylic acids is 1. The van der Waals surface area contributed by atoms with Crippen LogP contribution in [0.3, 0.4) is 0 Å². The third kappa shape index (κ3) is 3.82. The highest BCUT2D eigenvalue weighted by Crippen LogP contribution is 2.33. The van der Waals surface area contributed by atoms with Crippen LogP contribution in [0, 0.1) is 17.8 Å². The molecule has 17 heavy (non-hydrogen) atoms. The summed E-state index contributed by atoms with van der Waals surface area (Å²) in [6.07, 6.45) is 14.1. The van der Waals surface area contributed by atoms with Crippen LogP contribution in [0.5, 0.6) is 0 Å². The molecular formula is C16H28O. The van der Waals surface area contributed by atoms with E-state index in [-0.39, 0.29) is 0 Å². The van der Waals surface area contributed by atoms with Gasteiger partial charge in [-0.2, -0.15) is 0 Å². The molecule has 1 nitrogen and oxygen atoms in total. The maximum atomic E-state index is 12.0. The van der Waals surface area contributed by atoms with Gasteiger partial charge in [0.2, 0.25) is 0 Å². The molecule has 0 N–H and O–H groups in total. The van der Waals surface area contributed by atoms with Crippen LogP contribution < -0.4 is 0 Å². The van der Waals surface area contributed by atoms with E-state index in [1.54, 1.807) is 0 Å². The zero-order valence-corrected chi connectivity index (χ0v) is 11.4. The molecule has 0 aromatic carbocycles. The lowest BCUT2D eigenvalue weighted by atomic mass is 9.78. The number of hydrogen-bond donors (Lipinski definition) is 0. The van der Waals surface area contributed by atoms with Crippen LogP contribution in [0.25, 0.3) is 0 Å². The highest BCUT2D eigenvalue weighted by molar-refractivity contribution is 5.81. The van der Waals surface area contributed by atoms with E-state index in [2.05, 4.69) is 6.92 Å². The van der Waals surface area contributed by atoms with Gasteiger partial charge in [0.05, 0.1) is 0 Å². The lowest BCUT2D eigenvalue weighted by Gasteiger charge is -2.27. The topological polar surface area (TPSA) is 17.1 Å². The number of rotatable bonds is 5. The highest BCUT2D eigenvalue weighted by atomic mass is 16.1. The Morgan fingerprint density at radius 3 is 2.24 bits per heavy atom. The van der Waals surface area contributed by atoms with Gasteiger partial charge in [-0.25, -0.2) is 0 Å². The summed E-state index contributed by atoms with van der Waals surface area (Å²) < 4.78 is 0. The second-order valence-electron chi connectivity index (χ2n) is 6.36. The molecule has 0 amide bonds. The van der Waals surface area contributed by atoms with Crippen molar-refractivity contribution in [2.75, 3.05) is 0 Å². The molecule has 2 fully saturated rings. The van der Waals surface area contributed by atoms with Crippen LogP contribution in [0.4, 0.5) is 0 Å². The van der Waals surface area contributed by atoms with Crippen molar-refractivity contribution in [1.82, 2.24) is 0 Å². The summed E-state index contributed by atoms with van der Waals surface area (Å²) in [6, 6.07) is 0. The smallest absolute Gasteiger partial charge is 0.135 e. The van der Waals surface area contributed by atoms with E-state index in [9.17, 15) is 4.79 Å². The molecule has 1 heteroatoms. The van der Waals surface area contributed by atoms with Crippen molar-refractivity contribution in [1.29, 1.82) is 0 Å². The number of Topliss-reactive ketones (excluding diaryl/α,β-unsaturated/α-hetero) is 1. The Kier molecular flexibility index (Phi) is 5.06. The summed E-state index contributed by atoms with van der Waals surface area (Å²) >= 11 is 0. The minimum absolute atomic E-state index is 0.438. The summed E-state index contributed by atoms with van der Waals surface area (Å²) in [5.74, 6) is 2.71. The standard InChI is InChI=1S/C16H28O/c1-13(14-7-3-2-4-8-14)11-12-16(17)15-9-5-6-10-15/h13-15H,2-12H2,1H3/t13-/m0/s1. The van der Waals surface area contributed by atoms with Crippen LogP contribution in [-0.2, 0) is 4.79 Å². The second-order valence-corrected chi connectivity index (χ2v) is 6.36. The average molecular weight is 236 g/mol. The quantitative estimate of drug-likeness (QED) is 0.673. The van der Waals surface area contributed by atoms with Crippen molar-refractivity contribution >= 4 is 5.78 Å². The maximum Gasteiger partial charge on any atom is 0.135 e. The van der Waals surface area contributed by atoms with Gasteiger partial charge in [0.1, 0.15) is 5.78 Å². The van der Waals surface area contributed by atoms with Gasteiger partial charge >= 0.3 is 0 Å². The molecule has 2 saturated carbocycles. The summed E-state index contributed by atoms with van der Waals surface area (Å²) in [6.45, 7) is 2.37. The number of ketones is 1. The van der Waals surface area contributed by atoms with Crippen LogP contribution in [0.1, 0.15) is 77.6 Å². The summed E-state index contributed by atoms with van der Waals surface area (Å²) in [5, 5.41) is 0. The average Bonchev–Trinajstić information content (AvgIpc) is 2.90. The van der Waals surface area contributed by atoms with Gasteiger partial charge < -0.3 is 0 Å². The van der Waals surface area contributed by atoms with Crippen LogP contribution >= 0.6 is 0 Å². The molecule has 2 rings (SSSR count). The monoisotopic (exact) mass is 236 g/mol. The third-order valence-corrected chi connectivity index (χ3v) is 5.11. The lowest BCUT2D eigenvalue weighted by molar-refractivity contribution is -0.123. The van der Waals surface area contributed by atoms with Crippen LogP contribution in [0.15, 0.2) is 0 Å². The van der Waals surface area contributed by atoms with Gasteiger partial charge in [-0.1, -0.05) is 51.9 Å². The molecule has 0 aromatic heterocycles. The normalized spacial score (nSPS) is 25.0. The van der Waals surface area contributed by atoms with E-state index < -0.39 is 0 Å². The van der Waals surface area contributed by atoms with E-state index in [1.807, 2.05) is 0 Å². The Morgan fingerprint density at radius 2 is 1.59 bits per heavy atom. The molecular weight excluding hydrogens is 208 g/mol. The third-order valence-electron chi connectivity index (χ3n) is 5.11. The van der Waals surface area contributed by atoms with Gasteiger partial charge in [0, 0.05) is 12.3 Å². The lowest BCUT2D eigenvalue weighted by Crippen LogP contribution is -2.18. The number of hydrogen-bond acceptors (Lipinski definition) is 1. The van der Waals surface area contributed by atoms with Crippen molar-refractivity contribution in [2.24, 2.45) is 17.8 Å². The van der Waals surface area contributed by atoms with Crippen molar-refractivity contribution in [3.63, 3.8) is 0 Å². The minimum atomic E-state index is 0.438. The molecule has 0 heterocycles. The Morgan fingerprint density at radius 1 is 1.00 bits per heavy atom. The predicted molar refractivity (Wildman–Crippen MR) is 71.9 cm³/mol. The zero-order valence-electron chi connectivity index (χ0n) is 11.4. The van der Waals surface area contributed by atoms with Crippen LogP contribution in [-0.4, -0.2) is 5.78 Å². The van der Waals surface area contributed by atoms with Crippen molar-refractivity contribution < 1.29 is 4.79 Å². The van der Waals surface area contributed by atoms with Gasteiger partial charge in [-0.3, -0.25) is 4.79 Å². The largest absolute Gasteiger partial charge is 0.299 e. The summed E-state index contributed by atoms with van der Waals surface area (Å²) in [4.78, 5) is 12.0. The maximum absolute atomic E-state index is 12.0. The van der Waals surface area contributed by atoms with Gasteiger partial charge in [0.15, 0.2) is 0 Å². The fourth-order valence-electron chi connectivity index (χ4n) is 3.76. The van der Waals surface area contributed by atoms with E-state index >= 15 is 0 Å². The van der Waals surface area contributed by atoms with E-state index in [0.29, 0.717) is 11.7 Å². The molecule has 0 unspecified atom stereocenters. The first-order valence-corrected chi connectivity index (χ1v) is 7.80. The molecule has 0 bridgehead atoms. The van der Waals surface area contributed by atoms with Crippen molar-refractivity contribution in [3.8, 4) is 0 Å². The molecule has 0 radical (unpaired) electrons. The number of carbonyl (C=O) groups is 1. The highest BCUT2D eigenvalue weighted by Gasteiger charge is 2.24. The molecule has 0 aromatic rings. The first-order chi connectivity index (χ1) is 8.27. The fourth-order valence-corrected chi connectivity index (χ4v) is 3.76. The van der Waals surface area contributed by atoms with E-state index in [4.69, 9.17) is 0 Å². The van der Waals surface area contributed by atoms with Gasteiger partial charge in [-0.15, -0.1) is 0 Å². The molecule has 2 aliphatic carbocycles. The fraction of sp³-hybridized carbons (Fsp3) is 0.938. The minimum Gasteiger partial charge on any atom is -0.299 e. The van der Waals surface area contributed by atoms with Crippen molar-refractivity contribution in [3.05, 3.63) is 0 Å². The van der Waals surface area contributed by atoms with Crippen LogP contribution in [0.2, 0.25) is 0 Å². The first kappa shape index (κ1) is 13.1.